The number of methoxy groups -OCH3 is 1. The van der Waals surface area contributed by atoms with E-state index in [1.165, 1.54) is 4.68 Å². The lowest BCUT2D eigenvalue weighted by atomic mass is 10.1. The zero-order chi connectivity index (χ0) is 12.6. The number of nitrogens with zero attached hydrogens (tertiary/aromatic N) is 2. The van der Waals surface area contributed by atoms with Crippen LogP contribution in [-0.2, 0) is 14.1 Å². The normalized spacial score (nSPS) is 10.5. The number of ether oxygens (including phenoxy) is 1. The summed E-state index contributed by atoms with van der Waals surface area (Å²) in [6.07, 6.45) is 0. The number of nitrogens with two attached hydrogens (primary N) is 1. The molecule has 2 aromatic rings. The number of aromatic nitrogens is 2. The smallest absolute Gasteiger partial charge is 0.290 e. The van der Waals surface area contributed by atoms with Crippen LogP contribution in [0.25, 0.3) is 11.3 Å². The number of benzene rings is 1. The fourth-order valence-corrected chi connectivity index (χ4v) is 1.83. The summed E-state index contributed by atoms with van der Waals surface area (Å²) in [6, 6.07) is 7.44. The summed E-state index contributed by atoms with van der Waals surface area (Å²) in [5, 5.41) is 0. The van der Waals surface area contributed by atoms with E-state index >= 15 is 0 Å². The molecule has 1 aromatic carbocycles. The number of hydrogen-bond acceptors (Lipinski definition) is 3. The molecule has 0 saturated carbocycles. The average molecular weight is 233 g/mol. The van der Waals surface area contributed by atoms with Gasteiger partial charge in [-0.2, -0.15) is 0 Å². The van der Waals surface area contributed by atoms with Crippen molar-refractivity contribution in [1.82, 2.24) is 9.36 Å². The molecule has 1 aromatic heterocycles. The largest absolute Gasteiger partial charge is 0.497 e. The molecule has 0 atom stereocenters. The maximum Gasteiger partial charge on any atom is 0.290 e. The van der Waals surface area contributed by atoms with Gasteiger partial charge in [0.05, 0.1) is 12.8 Å². The van der Waals surface area contributed by atoms with Gasteiger partial charge >= 0.3 is 0 Å². The van der Waals surface area contributed by atoms with Gasteiger partial charge in [0.1, 0.15) is 11.4 Å². The average Bonchev–Trinajstić information content (AvgIpc) is 2.54. The molecular weight excluding hydrogens is 218 g/mol. The lowest BCUT2D eigenvalue weighted by Crippen LogP contribution is -2.18. The highest BCUT2D eigenvalue weighted by atomic mass is 16.5. The van der Waals surface area contributed by atoms with E-state index in [1.54, 1.807) is 25.9 Å². The molecule has 90 valence electrons. The van der Waals surface area contributed by atoms with Gasteiger partial charge in [-0.15, -0.1) is 0 Å². The van der Waals surface area contributed by atoms with E-state index in [2.05, 4.69) is 0 Å². The molecule has 0 aliphatic heterocycles. The van der Waals surface area contributed by atoms with Crippen LogP contribution in [0.3, 0.4) is 0 Å². The van der Waals surface area contributed by atoms with Crippen molar-refractivity contribution in [1.29, 1.82) is 0 Å². The van der Waals surface area contributed by atoms with Crippen molar-refractivity contribution in [2.24, 2.45) is 14.1 Å². The van der Waals surface area contributed by atoms with Crippen LogP contribution < -0.4 is 16.0 Å². The minimum absolute atomic E-state index is 0.182. The Kier molecular flexibility index (Phi) is 2.67. The molecule has 5 nitrogen and oxygen atoms in total. The second-order valence-electron chi connectivity index (χ2n) is 3.84. The third-order valence-corrected chi connectivity index (χ3v) is 2.92. The molecule has 0 aliphatic rings. The van der Waals surface area contributed by atoms with Crippen molar-refractivity contribution in [3.8, 4) is 17.0 Å². The summed E-state index contributed by atoms with van der Waals surface area (Å²) in [5.74, 6) is 0.772. The van der Waals surface area contributed by atoms with Crippen molar-refractivity contribution in [3.63, 3.8) is 0 Å². The Balaban J connectivity index is 2.60. The van der Waals surface area contributed by atoms with Crippen LogP contribution in [0, 0.1) is 0 Å². The monoisotopic (exact) mass is 233 g/mol. The Morgan fingerprint density at radius 3 is 2.12 bits per heavy atom. The van der Waals surface area contributed by atoms with Gasteiger partial charge in [-0.1, -0.05) is 0 Å². The minimum Gasteiger partial charge on any atom is -0.497 e. The first-order valence-electron chi connectivity index (χ1n) is 5.22. The quantitative estimate of drug-likeness (QED) is 0.841. The van der Waals surface area contributed by atoms with Crippen molar-refractivity contribution in [2.75, 3.05) is 12.8 Å². The van der Waals surface area contributed by atoms with E-state index in [-0.39, 0.29) is 11.2 Å². The molecule has 17 heavy (non-hydrogen) atoms. The third kappa shape index (κ3) is 1.69. The fourth-order valence-electron chi connectivity index (χ4n) is 1.83. The Morgan fingerprint density at radius 2 is 1.71 bits per heavy atom. The molecule has 1 heterocycles. The first kappa shape index (κ1) is 11.3. The van der Waals surface area contributed by atoms with E-state index < -0.39 is 0 Å². The molecule has 2 N–H and O–H groups in total. The van der Waals surface area contributed by atoms with Crippen molar-refractivity contribution in [3.05, 3.63) is 34.6 Å². The highest BCUT2D eigenvalue weighted by Crippen LogP contribution is 2.25. The standard InChI is InChI=1S/C12H15N3O2/c1-14-11(10(13)12(16)15(14)2)8-4-6-9(17-3)7-5-8/h4-7H,13H2,1-3H3. The molecule has 0 radical (unpaired) electrons. The van der Waals surface area contributed by atoms with E-state index in [9.17, 15) is 4.79 Å². The Bertz CT molecular complexity index is 593. The maximum absolute atomic E-state index is 11.7. The van der Waals surface area contributed by atoms with Crippen LogP contribution in [0.1, 0.15) is 0 Å². The lowest BCUT2D eigenvalue weighted by Gasteiger charge is -2.07. The van der Waals surface area contributed by atoms with Crippen LogP contribution in [-0.4, -0.2) is 16.5 Å². The van der Waals surface area contributed by atoms with Gasteiger partial charge in [-0.3, -0.25) is 14.2 Å². The number of anilines is 1. The zero-order valence-corrected chi connectivity index (χ0v) is 10.1. The molecule has 0 aliphatic carbocycles. The molecule has 0 spiro atoms. The molecule has 0 unspecified atom stereocenters. The van der Waals surface area contributed by atoms with Gasteiger partial charge in [0, 0.05) is 19.7 Å². The highest BCUT2D eigenvalue weighted by Gasteiger charge is 2.14. The van der Waals surface area contributed by atoms with Gasteiger partial charge in [0.25, 0.3) is 5.56 Å². The van der Waals surface area contributed by atoms with E-state index in [1.807, 2.05) is 24.3 Å². The lowest BCUT2D eigenvalue weighted by molar-refractivity contribution is 0.415. The molecule has 0 saturated heterocycles. The zero-order valence-electron chi connectivity index (χ0n) is 10.1. The van der Waals surface area contributed by atoms with Crippen molar-refractivity contribution < 1.29 is 4.74 Å². The molecule has 0 fully saturated rings. The Hall–Kier alpha value is -2.17. The summed E-state index contributed by atoms with van der Waals surface area (Å²) in [4.78, 5) is 11.7. The molecule has 0 amide bonds. The summed E-state index contributed by atoms with van der Waals surface area (Å²) in [6.45, 7) is 0. The van der Waals surface area contributed by atoms with E-state index in [4.69, 9.17) is 10.5 Å². The predicted octanol–water partition coefficient (Wildman–Crippen LogP) is 0.982. The van der Waals surface area contributed by atoms with E-state index in [0.717, 1.165) is 17.0 Å². The predicted molar refractivity (Wildman–Crippen MR) is 67.1 cm³/mol. The van der Waals surface area contributed by atoms with Crippen LogP contribution in [0.5, 0.6) is 5.75 Å². The summed E-state index contributed by atoms with van der Waals surface area (Å²) < 4.78 is 8.31. The summed E-state index contributed by atoms with van der Waals surface area (Å²) in [7, 11) is 5.10. The maximum atomic E-state index is 11.7. The van der Waals surface area contributed by atoms with Crippen molar-refractivity contribution >= 4 is 5.69 Å². The first-order chi connectivity index (χ1) is 8.06. The van der Waals surface area contributed by atoms with Crippen molar-refractivity contribution in [2.45, 2.75) is 0 Å². The highest BCUT2D eigenvalue weighted by molar-refractivity contribution is 5.72. The first-order valence-corrected chi connectivity index (χ1v) is 5.22. The van der Waals surface area contributed by atoms with Crippen LogP contribution in [0.4, 0.5) is 5.69 Å². The molecule has 2 rings (SSSR count). The number of nitrogen functional groups attached to an aromatic ring is 1. The topological polar surface area (TPSA) is 62.2 Å². The summed E-state index contributed by atoms with van der Waals surface area (Å²) >= 11 is 0. The van der Waals surface area contributed by atoms with Gasteiger partial charge in [0.15, 0.2) is 0 Å². The Morgan fingerprint density at radius 1 is 1.12 bits per heavy atom. The van der Waals surface area contributed by atoms with Gasteiger partial charge < -0.3 is 10.5 Å². The van der Waals surface area contributed by atoms with E-state index in [0.29, 0.717) is 0 Å². The Labute approximate surface area is 99.0 Å². The minimum atomic E-state index is -0.182. The second-order valence-corrected chi connectivity index (χ2v) is 3.84. The number of rotatable bonds is 2. The second kappa shape index (κ2) is 4.01. The van der Waals surface area contributed by atoms with Gasteiger partial charge in [0.2, 0.25) is 0 Å². The van der Waals surface area contributed by atoms with Gasteiger partial charge in [-0.25, -0.2) is 0 Å². The SMILES string of the molecule is COc1ccc(-c2c(N)c(=O)n(C)n2C)cc1. The molecule has 5 heteroatoms. The van der Waals surface area contributed by atoms with Crippen LogP contribution >= 0.6 is 0 Å². The van der Waals surface area contributed by atoms with Crippen LogP contribution in [0.15, 0.2) is 29.1 Å². The fraction of sp³-hybridized carbons (Fsp3) is 0.250. The molecule has 0 bridgehead atoms. The van der Waals surface area contributed by atoms with Gasteiger partial charge in [-0.05, 0) is 24.3 Å². The summed E-state index contributed by atoms with van der Waals surface area (Å²) in [5.41, 5.74) is 7.52. The molecular formula is C12H15N3O2. The van der Waals surface area contributed by atoms with Crippen LogP contribution in [0.2, 0.25) is 0 Å². The third-order valence-electron chi connectivity index (χ3n) is 2.92. The number of hydrogen-bond donors (Lipinski definition) is 1.